The van der Waals surface area contributed by atoms with Gasteiger partial charge in [-0.3, -0.25) is 9.59 Å². The fraction of sp³-hybridized carbons (Fsp3) is 0.429. The van der Waals surface area contributed by atoms with E-state index in [0.29, 0.717) is 32.7 Å². The number of hydrogen-bond acceptors (Lipinski definition) is 4. The average molecular weight is 387 g/mol. The first-order valence-electron chi connectivity index (χ1n) is 9.39. The van der Waals surface area contributed by atoms with Gasteiger partial charge >= 0.3 is 0 Å². The van der Waals surface area contributed by atoms with Crippen LogP contribution in [-0.4, -0.2) is 50.1 Å². The Balaban J connectivity index is 1.58. The lowest BCUT2D eigenvalue weighted by Crippen LogP contribution is -2.34. The zero-order valence-corrected chi connectivity index (χ0v) is 16.5. The number of carbonyl (C=O) groups is 2. The van der Waals surface area contributed by atoms with Crippen molar-refractivity contribution in [3.63, 3.8) is 0 Å². The molecule has 27 heavy (non-hydrogen) atoms. The molecule has 2 amide bonds. The highest BCUT2D eigenvalue weighted by molar-refractivity contribution is 7.12. The molecule has 1 aliphatic rings. The SMILES string of the molecule is COCCNC(=O)C1CCCN(C(=O)c2cc(-c3ccccc3)cs2)CC1. The third-order valence-corrected chi connectivity index (χ3v) is 5.83. The number of methoxy groups -OCH3 is 1. The molecule has 1 saturated heterocycles. The molecule has 5 nitrogen and oxygen atoms in total. The van der Waals surface area contributed by atoms with Crippen LogP contribution >= 0.6 is 11.3 Å². The molecule has 1 atom stereocenters. The molecule has 2 heterocycles. The van der Waals surface area contributed by atoms with Gasteiger partial charge in [0.05, 0.1) is 11.5 Å². The number of amides is 2. The first kappa shape index (κ1) is 19.6. The maximum absolute atomic E-state index is 12.9. The molecule has 0 saturated carbocycles. The van der Waals surface area contributed by atoms with Crippen molar-refractivity contribution in [1.29, 1.82) is 0 Å². The Hall–Kier alpha value is -2.18. The van der Waals surface area contributed by atoms with E-state index in [4.69, 9.17) is 4.74 Å². The normalized spacial score (nSPS) is 17.4. The van der Waals surface area contributed by atoms with Gasteiger partial charge in [-0.05, 0) is 41.8 Å². The summed E-state index contributed by atoms with van der Waals surface area (Å²) in [4.78, 5) is 27.8. The zero-order chi connectivity index (χ0) is 19.1. The van der Waals surface area contributed by atoms with Gasteiger partial charge in [-0.25, -0.2) is 0 Å². The van der Waals surface area contributed by atoms with E-state index in [1.54, 1.807) is 7.11 Å². The Kier molecular flexibility index (Phi) is 7.01. The molecule has 1 unspecified atom stereocenters. The number of nitrogens with one attached hydrogen (secondary N) is 1. The fourth-order valence-corrected chi connectivity index (χ4v) is 4.25. The summed E-state index contributed by atoms with van der Waals surface area (Å²) in [5.41, 5.74) is 2.20. The number of benzene rings is 1. The van der Waals surface area contributed by atoms with Crippen LogP contribution in [0.25, 0.3) is 11.1 Å². The number of thiophene rings is 1. The summed E-state index contributed by atoms with van der Waals surface area (Å²) in [6.45, 7) is 2.39. The van der Waals surface area contributed by atoms with Crippen molar-refractivity contribution in [2.75, 3.05) is 33.4 Å². The van der Waals surface area contributed by atoms with Crippen LogP contribution in [0.4, 0.5) is 0 Å². The summed E-state index contributed by atoms with van der Waals surface area (Å²) >= 11 is 1.49. The molecule has 3 rings (SSSR count). The van der Waals surface area contributed by atoms with E-state index in [0.717, 1.165) is 28.8 Å². The van der Waals surface area contributed by atoms with Crippen LogP contribution in [0.1, 0.15) is 28.9 Å². The summed E-state index contributed by atoms with van der Waals surface area (Å²) < 4.78 is 4.97. The van der Waals surface area contributed by atoms with Gasteiger partial charge in [-0.15, -0.1) is 11.3 Å². The van der Waals surface area contributed by atoms with Gasteiger partial charge in [0.25, 0.3) is 5.91 Å². The van der Waals surface area contributed by atoms with E-state index in [-0.39, 0.29) is 17.7 Å². The van der Waals surface area contributed by atoms with Gasteiger partial charge < -0.3 is 15.0 Å². The maximum Gasteiger partial charge on any atom is 0.263 e. The van der Waals surface area contributed by atoms with E-state index in [9.17, 15) is 9.59 Å². The first-order chi connectivity index (χ1) is 13.2. The quantitative estimate of drug-likeness (QED) is 0.774. The number of rotatable bonds is 6. The molecular formula is C21H26N2O3S. The largest absolute Gasteiger partial charge is 0.383 e. The minimum Gasteiger partial charge on any atom is -0.383 e. The Morgan fingerprint density at radius 2 is 2.00 bits per heavy atom. The fourth-order valence-electron chi connectivity index (χ4n) is 3.37. The highest BCUT2D eigenvalue weighted by Gasteiger charge is 2.26. The molecule has 144 valence electrons. The molecule has 1 fully saturated rings. The van der Waals surface area contributed by atoms with Crippen molar-refractivity contribution in [2.24, 2.45) is 5.92 Å². The molecule has 0 spiro atoms. The van der Waals surface area contributed by atoms with Gasteiger partial charge in [-0.2, -0.15) is 0 Å². The molecule has 0 radical (unpaired) electrons. The second kappa shape index (κ2) is 9.67. The van der Waals surface area contributed by atoms with Crippen LogP contribution in [0.5, 0.6) is 0 Å². The number of likely N-dealkylation sites (tertiary alicyclic amines) is 1. The van der Waals surface area contributed by atoms with Crippen molar-refractivity contribution in [3.8, 4) is 11.1 Å². The van der Waals surface area contributed by atoms with Gasteiger partial charge in [0.15, 0.2) is 0 Å². The van der Waals surface area contributed by atoms with E-state index in [2.05, 4.69) is 17.4 Å². The predicted molar refractivity (Wildman–Crippen MR) is 108 cm³/mol. The van der Waals surface area contributed by atoms with Crippen LogP contribution in [-0.2, 0) is 9.53 Å². The Morgan fingerprint density at radius 3 is 2.78 bits per heavy atom. The monoisotopic (exact) mass is 386 g/mol. The molecule has 1 aromatic carbocycles. The van der Waals surface area contributed by atoms with Gasteiger partial charge in [0, 0.05) is 32.7 Å². The lowest BCUT2D eigenvalue weighted by Gasteiger charge is -2.19. The summed E-state index contributed by atoms with van der Waals surface area (Å²) in [6, 6.07) is 12.1. The predicted octanol–water partition coefficient (Wildman–Crippen LogP) is 3.42. The van der Waals surface area contributed by atoms with Gasteiger partial charge in [-0.1, -0.05) is 30.3 Å². The standard InChI is InChI=1S/C21H26N2O3S/c1-26-13-10-22-20(24)17-8-5-11-23(12-9-17)21(25)19-14-18(15-27-19)16-6-3-2-4-7-16/h2-4,6-7,14-15,17H,5,8-13H2,1H3,(H,22,24). The summed E-state index contributed by atoms with van der Waals surface area (Å²) in [6.07, 6.45) is 2.38. The maximum atomic E-state index is 12.9. The molecule has 2 aromatic rings. The van der Waals surface area contributed by atoms with Crippen LogP contribution < -0.4 is 5.32 Å². The number of carbonyl (C=O) groups excluding carboxylic acids is 2. The molecule has 0 aliphatic carbocycles. The smallest absolute Gasteiger partial charge is 0.263 e. The Bertz CT molecular complexity index is 760. The van der Waals surface area contributed by atoms with E-state index in [1.807, 2.05) is 34.5 Å². The number of hydrogen-bond donors (Lipinski definition) is 1. The topological polar surface area (TPSA) is 58.6 Å². The summed E-state index contributed by atoms with van der Waals surface area (Å²) in [5.74, 6) is 0.120. The lowest BCUT2D eigenvalue weighted by molar-refractivity contribution is -0.125. The zero-order valence-electron chi connectivity index (χ0n) is 15.6. The van der Waals surface area contributed by atoms with Crippen LogP contribution in [0.3, 0.4) is 0 Å². The summed E-state index contributed by atoms with van der Waals surface area (Å²) in [5, 5.41) is 4.95. The lowest BCUT2D eigenvalue weighted by atomic mass is 10.00. The Morgan fingerprint density at radius 1 is 1.19 bits per heavy atom. The van der Waals surface area contributed by atoms with Gasteiger partial charge in [0.2, 0.25) is 5.91 Å². The van der Waals surface area contributed by atoms with Crippen molar-refractivity contribution in [1.82, 2.24) is 10.2 Å². The highest BCUT2D eigenvalue weighted by Crippen LogP contribution is 2.27. The van der Waals surface area contributed by atoms with E-state index >= 15 is 0 Å². The molecular weight excluding hydrogens is 360 g/mol. The van der Waals surface area contributed by atoms with Crippen LogP contribution in [0.2, 0.25) is 0 Å². The number of nitrogens with zero attached hydrogens (tertiary/aromatic N) is 1. The first-order valence-corrected chi connectivity index (χ1v) is 10.3. The molecule has 1 N–H and O–H groups in total. The third kappa shape index (κ3) is 5.17. The number of ether oxygens (including phenoxy) is 1. The third-order valence-electron chi connectivity index (χ3n) is 4.91. The van der Waals surface area contributed by atoms with Crippen LogP contribution in [0, 0.1) is 5.92 Å². The van der Waals surface area contributed by atoms with E-state index < -0.39 is 0 Å². The van der Waals surface area contributed by atoms with Crippen LogP contribution in [0.15, 0.2) is 41.8 Å². The molecule has 6 heteroatoms. The Labute approximate surface area is 164 Å². The van der Waals surface area contributed by atoms with E-state index in [1.165, 1.54) is 11.3 Å². The molecule has 0 bridgehead atoms. The van der Waals surface area contributed by atoms with Crippen molar-refractivity contribution < 1.29 is 14.3 Å². The highest BCUT2D eigenvalue weighted by atomic mass is 32.1. The second-order valence-electron chi connectivity index (χ2n) is 6.77. The minimum atomic E-state index is -0.0251. The summed E-state index contributed by atoms with van der Waals surface area (Å²) in [7, 11) is 1.62. The minimum absolute atomic E-state index is 0.0251. The van der Waals surface area contributed by atoms with Crippen molar-refractivity contribution in [2.45, 2.75) is 19.3 Å². The van der Waals surface area contributed by atoms with Crippen molar-refractivity contribution in [3.05, 3.63) is 46.7 Å². The molecule has 1 aromatic heterocycles. The van der Waals surface area contributed by atoms with Gasteiger partial charge in [0.1, 0.15) is 0 Å². The average Bonchev–Trinajstić information content (AvgIpc) is 3.06. The molecule has 1 aliphatic heterocycles. The second-order valence-corrected chi connectivity index (χ2v) is 7.68. The van der Waals surface area contributed by atoms with Crippen molar-refractivity contribution >= 4 is 23.2 Å².